The number of hydrogen-bond acceptors (Lipinski definition) is 2. The summed E-state index contributed by atoms with van der Waals surface area (Å²) in [6, 6.07) is 8.57. The van der Waals surface area contributed by atoms with Gasteiger partial charge in [0.15, 0.2) is 0 Å². The second-order valence-corrected chi connectivity index (χ2v) is 3.82. The molecule has 0 saturated carbocycles. The number of aryl methyl sites for hydroxylation is 1. The molecule has 0 spiro atoms. The highest BCUT2D eigenvalue weighted by Gasteiger charge is 2.06. The maximum Gasteiger partial charge on any atom is 0.0994 e. The second-order valence-electron chi connectivity index (χ2n) is 3.82. The fraction of sp³-hybridized carbons (Fsp3) is 0.417. The van der Waals surface area contributed by atoms with Gasteiger partial charge in [-0.1, -0.05) is 0 Å². The smallest absolute Gasteiger partial charge is 0.0994 e. The van der Waals surface area contributed by atoms with Crippen LogP contribution in [0.5, 0.6) is 0 Å². The number of nitriles is 1. The Kier molecular flexibility index (Phi) is 3.14. The van der Waals surface area contributed by atoms with E-state index in [1.54, 1.807) is 0 Å². The molecule has 0 saturated heterocycles. The first kappa shape index (κ1) is 10.6. The van der Waals surface area contributed by atoms with E-state index in [2.05, 4.69) is 37.9 Å². The number of anilines is 1. The number of rotatable bonds is 2. The van der Waals surface area contributed by atoms with Crippen LogP contribution in [0.1, 0.15) is 25.0 Å². The van der Waals surface area contributed by atoms with Crippen molar-refractivity contribution in [1.29, 1.82) is 5.26 Å². The molecule has 0 fully saturated rings. The highest BCUT2D eigenvalue weighted by Crippen LogP contribution is 2.19. The summed E-state index contributed by atoms with van der Waals surface area (Å²) in [5, 5.41) is 8.79. The lowest BCUT2D eigenvalue weighted by atomic mass is 10.1. The fourth-order valence-corrected chi connectivity index (χ4v) is 1.29. The Morgan fingerprint density at radius 3 is 2.43 bits per heavy atom. The van der Waals surface area contributed by atoms with Crippen molar-refractivity contribution >= 4 is 5.69 Å². The highest BCUT2D eigenvalue weighted by molar-refractivity contribution is 5.53. The summed E-state index contributed by atoms with van der Waals surface area (Å²) >= 11 is 0. The zero-order chi connectivity index (χ0) is 10.7. The normalized spacial score (nSPS) is 10.0. The molecule has 14 heavy (non-hydrogen) atoms. The van der Waals surface area contributed by atoms with E-state index in [-0.39, 0.29) is 0 Å². The van der Waals surface area contributed by atoms with Crippen molar-refractivity contribution in [1.82, 2.24) is 0 Å². The predicted octanol–water partition coefficient (Wildman–Crippen LogP) is 2.71. The van der Waals surface area contributed by atoms with Crippen LogP contribution in [0.3, 0.4) is 0 Å². The first-order valence-electron chi connectivity index (χ1n) is 4.80. The van der Waals surface area contributed by atoms with Crippen LogP contribution in [0.2, 0.25) is 0 Å². The van der Waals surface area contributed by atoms with Gasteiger partial charge in [0.1, 0.15) is 0 Å². The van der Waals surface area contributed by atoms with Crippen molar-refractivity contribution in [3.05, 3.63) is 29.3 Å². The molecule has 0 aliphatic carbocycles. The summed E-state index contributed by atoms with van der Waals surface area (Å²) in [6.07, 6.45) is 0. The molecular weight excluding hydrogens is 172 g/mol. The molecule has 0 N–H and O–H groups in total. The zero-order valence-electron chi connectivity index (χ0n) is 9.20. The van der Waals surface area contributed by atoms with Crippen molar-refractivity contribution in [3.63, 3.8) is 0 Å². The van der Waals surface area contributed by atoms with Crippen molar-refractivity contribution in [2.24, 2.45) is 0 Å². The Morgan fingerprint density at radius 2 is 2.00 bits per heavy atom. The monoisotopic (exact) mass is 188 g/mol. The third-order valence-corrected chi connectivity index (χ3v) is 2.51. The summed E-state index contributed by atoms with van der Waals surface area (Å²) in [4.78, 5) is 2.19. The van der Waals surface area contributed by atoms with E-state index in [1.807, 2.05) is 19.1 Å². The average Bonchev–Trinajstić information content (AvgIpc) is 2.16. The lowest BCUT2D eigenvalue weighted by Gasteiger charge is -2.24. The van der Waals surface area contributed by atoms with E-state index >= 15 is 0 Å². The van der Waals surface area contributed by atoms with E-state index in [9.17, 15) is 0 Å². The SMILES string of the molecule is Cc1cc(N(C)C(C)C)ccc1C#N. The molecule has 0 heterocycles. The molecule has 0 radical (unpaired) electrons. The van der Waals surface area contributed by atoms with Gasteiger partial charge in [-0.15, -0.1) is 0 Å². The quantitative estimate of drug-likeness (QED) is 0.713. The van der Waals surface area contributed by atoms with Crippen LogP contribution in [-0.4, -0.2) is 13.1 Å². The molecule has 1 rings (SSSR count). The Labute approximate surface area is 85.8 Å². The summed E-state index contributed by atoms with van der Waals surface area (Å²) in [6.45, 7) is 6.26. The Hall–Kier alpha value is -1.49. The van der Waals surface area contributed by atoms with Crippen LogP contribution in [-0.2, 0) is 0 Å². The molecule has 0 aliphatic heterocycles. The number of hydrogen-bond donors (Lipinski definition) is 0. The highest BCUT2D eigenvalue weighted by atomic mass is 15.1. The second kappa shape index (κ2) is 4.15. The number of benzene rings is 1. The molecule has 1 aromatic rings. The van der Waals surface area contributed by atoms with Gasteiger partial charge in [-0.3, -0.25) is 0 Å². The molecule has 0 aromatic heterocycles. The number of nitrogens with zero attached hydrogens (tertiary/aromatic N) is 2. The molecule has 74 valence electrons. The predicted molar refractivity (Wildman–Crippen MR) is 59.4 cm³/mol. The minimum absolute atomic E-state index is 0.474. The summed E-state index contributed by atoms with van der Waals surface area (Å²) in [5.74, 6) is 0. The molecule has 2 heteroatoms. The van der Waals surface area contributed by atoms with Crippen molar-refractivity contribution in [3.8, 4) is 6.07 Å². The first-order chi connectivity index (χ1) is 6.56. The van der Waals surface area contributed by atoms with Crippen molar-refractivity contribution < 1.29 is 0 Å². The van der Waals surface area contributed by atoms with Crippen molar-refractivity contribution in [2.75, 3.05) is 11.9 Å². The van der Waals surface area contributed by atoms with Crippen molar-refractivity contribution in [2.45, 2.75) is 26.8 Å². The van der Waals surface area contributed by atoms with Gasteiger partial charge >= 0.3 is 0 Å². The van der Waals surface area contributed by atoms with Crippen LogP contribution in [0.15, 0.2) is 18.2 Å². The van der Waals surface area contributed by atoms with Crippen LogP contribution in [0, 0.1) is 18.3 Å². The van der Waals surface area contributed by atoms with Gasteiger partial charge in [-0.25, -0.2) is 0 Å². The Morgan fingerprint density at radius 1 is 1.36 bits per heavy atom. The van der Waals surface area contributed by atoms with Gasteiger partial charge in [0.25, 0.3) is 0 Å². The Balaban J connectivity index is 3.04. The minimum atomic E-state index is 0.474. The molecule has 0 amide bonds. The molecular formula is C12H16N2. The largest absolute Gasteiger partial charge is 0.372 e. The van der Waals surface area contributed by atoms with Crippen LogP contribution < -0.4 is 4.90 Å². The van der Waals surface area contributed by atoms with Gasteiger partial charge < -0.3 is 4.90 Å². The minimum Gasteiger partial charge on any atom is -0.372 e. The third-order valence-electron chi connectivity index (χ3n) is 2.51. The zero-order valence-corrected chi connectivity index (χ0v) is 9.20. The standard InChI is InChI=1S/C12H16N2/c1-9(2)14(4)12-6-5-11(8-13)10(3)7-12/h5-7,9H,1-4H3. The van der Waals surface area contributed by atoms with Gasteiger partial charge in [0, 0.05) is 18.8 Å². The van der Waals surface area contributed by atoms with E-state index in [1.165, 1.54) is 0 Å². The molecule has 2 nitrogen and oxygen atoms in total. The molecule has 0 unspecified atom stereocenters. The van der Waals surface area contributed by atoms with E-state index in [4.69, 9.17) is 5.26 Å². The summed E-state index contributed by atoms with van der Waals surface area (Å²) < 4.78 is 0. The summed E-state index contributed by atoms with van der Waals surface area (Å²) in [5.41, 5.74) is 2.96. The van der Waals surface area contributed by atoms with E-state index < -0.39 is 0 Å². The van der Waals surface area contributed by atoms with Gasteiger partial charge in [0.2, 0.25) is 0 Å². The van der Waals surface area contributed by atoms with Gasteiger partial charge in [-0.2, -0.15) is 5.26 Å². The molecule has 1 aromatic carbocycles. The summed E-state index contributed by atoms with van der Waals surface area (Å²) in [7, 11) is 2.06. The van der Waals surface area contributed by atoms with E-state index in [0.717, 1.165) is 16.8 Å². The van der Waals surface area contributed by atoms with Crippen LogP contribution in [0.25, 0.3) is 0 Å². The maximum atomic E-state index is 8.79. The lowest BCUT2D eigenvalue weighted by Crippen LogP contribution is -2.25. The Bertz CT molecular complexity index is 361. The van der Waals surface area contributed by atoms with Crippen LogP contribution >= 0.6 is 0 Å². The van der Waals surface area contributed by atoms with E-state index in [0.29, 0.717) is 6.04 Å². The average molecular weight is 188 g/mol. The maximum absolute atomic E-state index is 8.79. The topological polar surface area (TPSA) is 27.0 Å². The third kappa shape index (κ3) is 2.05. The first-order valence-corrected chi connectivity index (χ1v) is 4.80. The molecule has 0 atom stereocenters. The lowest BCUT2D eigenvalue weighted by molar-refractivity contribution is 0.754. The fourth-order valence-electron chi connectivity index (χ4n) is 1.29. The van der Waals surface area contributed by atoms with Gasteiger partial charge in [-0.05, 0) is 44.5 Å². The van der Waals surface area contributed by atoms with Crippen LogP contribution in [0.4, 0.5) is 5.69 Å². The molecule has 0 aliphatic rings. The molecule has 0 bridgehead atoms. The van der Waals surface area contributed by atoms with Gasteiger partial charge in [0.05, 0.1) is 11.6 Å².